The van der Waals surface area contributed by atoms with Gasteiger partial charge in [0, 0.05) is 17.9 Å². The summed E-state index contributed by atoms with van der Waals surface area (Å²) in [7, 11) is 1.99. The standard InChI is InChI=1S/C16H24FNO/c1-5-16(6-2)13(18-4)10-14(16)19-12-9-7-8-11(3)15(12)17/h7-9,13-14,18H,5-6,10H2,1-4H3. The van der Waals surface area contributed by atoms with E-state index >= 15 is 0 Å². The van der Waals surface area contributed by atoms with Crippen molar-refractivity contribution in [2.45, 2.75) is 52.2 Å². The predicted octanol–water partition coefficient (Wildman–Crippen LogP) is 3.68. The van der Waals surface area contributed by atoms with Crippen LogP contribution in [0.5, 0.6) is 5.75 Å². The summed E-state index contributed by atoms with van der Waals surface area (Å²) in [6.07, 6.45) is 3.16. The molecule has 1 saturated carbocycles. The lowest BCUT2D eigenvalue weighted by atomic mass is 9.58. The molecular weight excluding hydrogens is 241 g/mol. The van der Waals surface area contributed by atoms with E-state index in [0.717, 1.165) is 19.3 Å². The summed E-state index contributed by atoms with van der Waals surface area (Å²) in [5, 5.41) is 3.36. The van der Waals surface area contributed by atoms with Crippen molar-refractivity contribution >= 4 is 0 Å². The Labute approximate surface area is 115 Å². The van der Waals surface area contributed by atoms with Crippen LogP contribution in [-0.4, -0.2) is 19.2 Å². The molecule has 0 heterocycles. The third-order valence-electron chi connectivity index (χ3n) is 4.88. The molecule has 1 aromatic carbocycles. The third-order valence-corrected chi connectivity index (χ3v) is 4.88. The highest BCUT2D eigenvalue weighted by Crippen LogP contribution is 2.49. The molecule has 0 bridgehead atoms. The van der Waals surface area contributed by atoms with Gasteiger partial charge in [0.2, 0.25) is 0 Å². The highest BCUT2D eigenvalue weighted by molar-refractivity contribution is 5.31. The second kappa shape index (κ2) is 5.49. The van der Waals surface area contributed by atoms with Gasteiger partial charge in [0.1, 0.15) is 6.10 Å². The molecular formula is C16H24FNO. The van der Waals surface area contributed by atoms with Gasteiger partial charge in [-0.3, -0.25) is 0 Å². The van der Waals surface area contributed by atoms with Crippen LogP contribution in [-0.2, 0) is 0 Å². The average Bonchev–Trinajstić information content (AvgIpc) is 2.40. The van der Waals surface area contributed by atoms with E-state index in [9.17, 15) is 4.39 Å². The number of benzene rings is 1. The highest BCUT2D eigenvalue weighted by atomic mass is 19.1. The van der Waals surface area contributed by atoms with Gasteiger partial charge in [-0.1, -0.05) is 26.0 Å². The summed E-state index contributed by atoms with van der Waals surface area (Å²) >= 11 is 0. The van der Waals surface area contributed by atoms with E-state index in [1.54, 1.807) is 19.1 Å². The van der Waals surface area contributed by atoms with Crippen LogP contribution in [0.4, 0.5) is 4.39 Å². The fourth-order valence-corrected chi connectivity index (χ4v) is 3.38. The Bertz CT molecular complexity index is 442. The molecule has 2 unspecified atom stereocenters. The molecule has 19 heavy (non-hydrogen) atoms. The molecule has 0 aliphatic heterocycles. The minimum absolute atomic E-state index is 0.108. The van der Waals surface area contributed by atoms with Crippen LogP contribution in [0.1, 0.15) is 38.7 Å². The van der Waals surface area contributed by atoms with E-state index in [4.69, 9.17) is 4.74 Å². The minimum Gasteiger partial charge on any atom is -0.487 e. The number of nitrogens with one attached hydrogen (secondary N) is 1. The van der Waals surface area contributed by atoms with Gasteiger partial charge in [0.05, 0.1) is 0 Å². The summed E-state index contributed by atoms with van der Waals surface area (Å²) in [5.74, 6) is 0.169. The van der Waals surface area contributed by atoms with Crippen LogP contribution in [0.25, 0.3) is 0 Å². The van der Waals surface area contributed by atoms with E-state index in [1.807, 2.05) is 13.1 Å². The molecule has 3 heteroatoms. The van der Waals surface area contributed by atoms with Crippen molar-refractivity contribution in [2.75, 3.05) is 7.05 Å². The Morgan fingerprint density at radius 3 is 2.63 bits per heavy atom. The van der Waals surface area contributed by atoms with Crippen molar-refractivity contribution in [1.29, 1.82) is 0 Å². The predicted molar refractivity (Wildman–Crippen MR) is 76.0 cm³/mol. The van der Waals surface area contributed by atoms with Crippen molar-refractivity contribution < 1.29 is 9.13 Å². The maximum atomic E-state index is 14.0. The Morgan fingerprint density at radius 1 is 1.37 bits per heavy atom. The molecule has 106 valence electrons. The molecule has 0 aromatic heterocycles. The summed E-state index contributed by atoms with van der Waals surface area (Å²) in [4.78, 5) is 0. The maximum Gasteiger partial charge on any atom is 0.167 e. The van der Waals surface area contributed by atoms with Gasteiger partial charge in [-0.2, -0.15) is 0 Å². The maximum absolute atomic E-state index is 14.0. The SMILES string of the molecule is CCC1(CC)C(NC)CC1Oc1cccc(C)c1F. The molecule has 1 fully saturated rings. The van der Waals surface area contributed by atoms with Gasteiger partial charge in [-0.05, 0) is 38.4 Å². The second-order valence-electron chi connectivity index (χ2n) is 5.51. The molecule has 2 rings (SSSR count). The largest absolute Gasteiger partial charge is 0.487 e. The van der Waals surface area contributed by atoms with Gasteiger partial charge >= 0.3 is 0 Å². The number of ether oxygens (including phenoxy) is 1. The van der Waals surface area contributed by atoms with Crippen molar-refractivity contribution in [3.8, 4) is 5.75 Å². The number of hydrogen-bond donors (Lipinski definition) is 1. The molecule has 0 radical (unpaired) electrons. The molecule has 2 atom stereocenters. The molecule has 1 aliphatic carbocycles. The van der Waals surface area contributed by atoms with Gasteiger partial charge in [-0.25, -0.2) is 4.39 Å². The average molecular weight is 265 g/mol. The zero-order chi connectivity index (χ0) is 14.0. The topological polar surface area (TPSA) is 21.3 Å². The summed E-state index contributed by atoms with van der Waals surface area (Å²) in [6.45, 7) is 6.15. The Morgan fingerprint density at radius 2 is 2.05 bits per heavy atom. The van der Waals surface area contributed by atoms with E-state index in [1.165, 1.54) is 0 Å². The molecule has 1 N–H and O–H groups in total. The molecule has 0 saturated heterocycles. The van der Waals surface area contributed by atoms with Crippen LogP contribution >= 0.6 is 0 Å². The van der Waals surface area contributed by atoms with E-state index in [0.29, 0.717) is 17.4 Å². The van der Waals surface area contributed by atoms with E-state index in [-0.39, 0.29) is 17.3 Å². The van der Waals surface area contributed by atoms with E-state index < -0.39 is 0 Å². The fourth-order valence-electron chi connectivity index (χ4n) is 3.38. The first-order valence-corrected chi connectivity index (χ1v) is 7.18. The van der Waals surface area contributed by atoms with E-state index in [2.05, 4.69) is 19.2 Å². The molecule has 2 nitrogen and oxygen atoms in total. The van der Waals surface area contributed by atoms with Crippen molar-refractivity contribution in [1.82, 2.24) is 5.32 Å². The highest BCUT2D eigenvalue weighted by Gasteiger charge is 2.53. The Balaban J connectivity index is 2.18. The molecule has 1 aromatic rings. The zero-order valence-corrected chi connectivity index (χ0v) is 12.3. The minimum atomic E-state index is -0.225. The van der Waals surface area contributed by atoms with Crippen LogP contribution in [0.2, 0.25) is 0 Å². The molecule has 0 amide bonds. The third kappa shape index (κ3) is 2.25. The number of halogens is 1. The second-order valence-corrected chi connectivity index (χ2v) is 5.51. The first-order valence-electron chi connectivity index (χ1n) is 7.18. The summed E-state index contributed by atoms with van der Waals surface area (Å²) in [5.41, 5.74) is 0.769. The summed E-state index contributed by atoms with van der Waals surface area (Å²) in [6, 6.07) is 5.82. The van der Waals surface area contributed by atoms with Crippen LogP contribution in [0.3, 0.4) is 0 Å². The van der Waals surface area contributed by atoms with Crippen molar-refractivity contribution in [3.63, 3.8) is 0 Å². The zero-order valence-electron chi connectivity index (χ0n) is 12.3. The number of hydrogen-bond acceptors (Lipinski definition) is 2. The lowest BCUT2D eigenvalue weighted by molar-refractivity contribution is -0.0850. The number of rotatable bonds is 5. The fraction of sp³-hybridized carbons (Fsp3) is 0.625. The van der Waals surface area contributed by atoms with Gasteiger partial charge in [0.25, 0.3) is 0 Å². The Kier molecular flexibility index (Phi) is 4.14. The molecule has 1 aliphatic rings. The van der Waals surface area contributed by atoms with Gasteiger partial charge < -0.3 is 10.1 Å². The van der Waals surface area contributed by atoms with Crippen LogP contribution < -0.4 is 10.1 Å². The number of aryl methyl sites for hydroxylation is 1. The quantitative estimate of drug-likeness (QED) is 0.877. The first-order chi connectivity index (χ1) is 9.08. The monoisotopic (exact) mass is 265 g/mol. The van der Waals surface area contributed by atoms with Gasteiger partial charge in [0.15, 0.2) is 11.6 Å². The summed E-state index contributed by atoms with van der Waals surface area (Å²) < 4.78 is 20.0. The smallest absolute Gasteiger partial charge is 0.167 e. The molecule has 0 spiro atoms. The first kappa shape index (κ1) is 14.3. The lowest BCUT2D eigenvalue weighted by Gasteiger charge is -2.55. The Hall–Kier alpha value is -1.09. The normalized spacial score (nSPS) is 24.9. The van der Waals surface area contributed by atoms with Gasteiger partial charge in [-0.15, -0.1) is 0 Å². The lowest BCUT2D eigenvalue weighted by Crippen LogP contribution is -2.63. The van der Waals surface area contributed by atoms with Crippen LogP contribution in [0, 0.1) is 18.2 Å². The van der Waals surface area contributed by atoms with Crippen molar-refractivity contribution in [2.24, 2.45) is 5.41 Å². The van der Waals surface area contributed by atoms with Crippen LogP contribution in [0.15, 0.2) is 18.2 Å². The van der Waals surface area contributed by atoms with Crippen molar-refractivity contribution in [3.05, 3.63) is 29.6 Å².